The summed E-state index contributed by atoms with van der Waals surface area (Å²) in [6.07, 6.45) is 2.75. The topological polar surface area (TPSA) is 49.4 Å². The number of ketones is 1. The van der Waals surface area contributed by atoms with Crippen molar-refractivity contribution in [1.29, 1.82) is 0 Å². The number of carbonyl (C=O) groups is 2. The number of hydrogen-bond donors (Lipinski definition) is 1. The third-order valence-corrected chi connectivity index (χ3v) is 6.14. The summed E-state index contributed by atoms with van der Waals surface area (Å²) < 4.78 is 0. The molecule has 2 aliphatic carbocycles. The second-order valence-electron chi connectivity index (χ2n) is 7.44. The van der Waals surface area contributed by atoms with Crippen LogP contribution in [0.3, 0.4) is 0 Å². The molecule has 0 aromatic heterocycles. The van der Waals surface area contributed by atoms with Gasteiger partial charge >= 0.3 is 0 Å². The highest BCUT2D eigenvalue weighted by Gasteiger charge is 2.66. The lowest BCUT2D eigenvalue weighted by Gasteiger charge is -2.32. The highest BCUT2D eigenvalue weighted by Crippen LogP contribution is 2.63. The zero-order valence-electron chi connectivity index (χ0n) is 13.6. The van der Waals surface area contributed by atoms with Crippen molar-refractivity contribution in [2.45, 2.75) is 59.0 Å². The Balaban J connectivity index is 2.16. The highest BCUT2D eigenvalue weighted by molar-refractivity contribution is 5.97. The molecule has 1 amide bonds. The average molecular weight is 280 g/mol. The fourth-order valence-electron chi connectivity index (χ4n) is 4.29. The maximum Gasteiger partial charge on any atom is 0.237 e. The van der Waals surface area contributed by atoms with Gasteiger partial charge in [-0.3, -0.25) is 14.5 Å². The molecule has 2 aliphatic rings. The monoisotopic (exact) mass is 280 g/mol. The van der Waals surface area contributed by atoms with E-state index >= 15 is 0 Å². The van der Waals surface area contributed by atoms with E-state index in [1.54, 1.807) is 0 Å². The zero-order chi connectivity index (χ0) is 15.3. The van der Waals surface area contributed by atoms with Crippen molar-refractivity contribution in [3.8, 4) is 0 Å². The van der Waals surface area contributed by atoms with Crippen LogP contribution in [0, 0.1) is 16.7 Å². The van der Waals surface area contributed by atoms with Gasteiger partial charge in [-0.25, -0.2) is 0 Å². The van der Waals surface area contributed by atoms with Gasteiger partial charge in [-0.2, -0.15) is 0 Å². The number of likely N-dealkylation sites (N-methyl/N-ethyl adjacent to an activating group) is 1. The molecule has 0 aliphatic heterocycles. The number of nitrogens with zero attached hydrogens (tertiary/aromatic N) is 1. The van der Waals surface area contributed by atoms with E-state index in [9.17, 15) is 9.59 Å². The van der Waals surface area contributed by atoms with Gasteiger partial charge in [-0.1, -0.05) is 27.7 Å². The molecule has 0 radical (unpaired) electrons. The van der Waals surface area contributed by atoms with Crippen LogP contribution >= 0.6 is 0 Å². The van der Waals surface area contributed by atoms with E-state index in [4.69, 9.17) is 0 Å². The standard InChI is InChI=1S/C16H28N2O2/c1-7-11(18(5)6)14(20)17-12-10-8-9-16(4,13(12)19)15(10,2)3/h10-12H,7-9H2,1-6H3,(H,17,20). The van der Waals surface area contributed by atoms with Gasteiger partial charge in [0.15, 0.2) is 5.78 Å². The number of carbonyl (C=O) groups excluding carboxylic acids is 2. The second kappa shape index (κ2) is 4.83. The summed E-state index contributed by atoms with van der Waals surface area (Å²) in [4.78, 5) is 27.0. The van der Waals surface area contributed by atoms with E-state index in [2.05, 4.69) is 26.1 Å². The first kappa shape index (κ1) is 15.5. The average Bonchev–Trinajstić information content (AvgIpc) is 2.64. The normalized spacial score (nSPS) is 36.5. The molecule has 4 nitrogen and oxygen atoms in total. The Morgan fingerprint density at radius 3 is 2.40 bits per heavy atom. The quantitative estimate of drug-likeness (QED) is 0.855. The molecule has 2 fully saturated rings. The maximum absolute atomic E-state index is 12.7. The Morgan fingerprint density at radius 2 is 2.00 bits per heavy atom. The predicted octanol–water partition coefficient (Wildman–Crippen LogP) is 1.84. The largest absolute Gasteiger partial charge is 0.345 e. The smallest absolute Gasteiger partial charge is 0.237 e. The Morgan fingerprint density at radius 1 is 1.40 bits per heavy atom. The van der Waals surface area contributed by atoms with Crippen molar-refractivity contribution in [2.24, 2.45) is 16.7 Å². The maximum atomic E-state index is 12.7. The van der Waals surface area contributed by atoms with Gasteiger partial charge in [0.2, 0.25) is 5.91 Å². The van der Waals surface area contributed by atoms with Crippen LogP contribution in [0.1, 0.15) is 47.0 Å². The van der Waals surface area contributed by atoms with Crippen LogP contribution in [0.5, 0.6) is 0 Å². The fourth-order valence-corrected chi connectivity index (χ4v) is 4.29. The van der Waals surface area contributed by atoms with Crippen molar-refractivity contribution < 1.29 is 9.59 Å². The van der Waals surface area contributed by atoms with Crippen LogP contribution in [0.4, 0.5) is 0 Å². The molecular formula is C16H28N2O2. The number of amides is 1. The lowest BCUT2D eigenvalue weighted by Crippen LogP contribution is -2.52. The van der Waals surface area contributed by atoms with Gasteiger partial charge in [0.05, 0.1) is 12.1 Å². The first-order valence-corrected chi connectivity index (χ1v) is 7.68. The first-order chi connectivity index (χ1) is 9.16. The molecular weight excluding hydrogens is 252 g/mol. The molecule has 0 aromatic rings. The molecule has 4 atom stereocenters. The summed E-state index contributed by atoms with van der Waals surface area (Å²) in [6.45, 7) is 8.43. The lowest BCUT2D eigenvalue weighted by molar-refractivity contribution is -0.134. The van der Waals surface area contributed by atoms with Crippen molar-refractivity contribution in [1.82, 2.24) is 10.2 Å². The number of hydrogen-bond acceptors (Lipinski definition) is 3. The van der Waals surface area contributed by atoms with E-state index in [1.807, 2.05) is 25.9 Å². The minimum Gasteiger partial charge on any atom is -0.345 e. The van der Waals surface area contributed by atoms with Gasteiger partial charge < -0.3 is 5.32 Å². The van der Waals surface area contributed by atoms with E-state index in [0.717, 1.165) is 19.3 Å². The van der Waals surface area contributed by atoms with E-state index in [1.165, 1.54) is 0 Å². The molecule has 20 heavy (non-hydrogen) atoms. The molecule has 0 aromatic carbocycles. The molecule has 2 bridgehead atoms. The molecule has 0 heterocycles. The minimum absolute atomic E-state index is 0.0113. The van der Waals surface area contributed by atoms with Gasteiger partial charge in [0, 0.05) is 5.41 Å². The summed E-state index contributed by atoms with van der Waals surface area (Å²) in [5.74, 6) is 0.507. The van der Waals surface area contributed by atoms with E-state index in [0.29, 0.717) is 0 Å². The predicted molar refractivity (Wildman–Crippen MR) is 79.3 cm³/mol. The molecule has 4 unspecified atom stereocenters. The third kappa shape index (κ3) is 1.92. The van der Waals surface area contributed by atoms with E-state index < -0.39 is 0 Å². The molecule has 2 saturated carbocycles. The Hall–Kier alpha value is -0.900. The van der Waals surface area contributed by atoms with Crippen molar-refractivity contribution in [3.63, 3.8) is 0 Å². The summed E-state index contributed by atoms with van der Waals surface area (Å²) in [5, 5.41) is 3.04. The number of rotatable bonds is 4. The van der Waals surface area contributed by atoms with Crippen molar-refractivity contribution >= 4 is 11.7 Å². The summed E-state index contributed by atoms with van der Waals surface area (Å²) in [6, 6.07) is -0.442. The minimum atomic E-state index is -0.287. The third-order valence-electron chi connectivity index (χ3n) is 6.14. The van der Waals surface area contributed by atoms with Crippen LogP contribution in [0.2, 0.25) is 0 Å². The van der Waals surface area contributed by atoms with Gasteiger partial charge in [-0.15, -0.1) is 0 Å². The fraction of sp³-hybridized carbons (Fsp3) is 0.875. The van der Waals surface area contributed by atoms with Gasteiger partial charge in [0.1, 0.15) is 0 Å². The number of fused-ring (bicyclic) bond motifs is 2. The number of nitrogens with one attached hydrogen (secondary N) is 1. The summed E-state index contributed by atoms with van der Waals surface area (Å²) in [7, 11) is 3.81. The Labute approximate surface area is 122 Å². The molecule has 114 valence electrons. The van der Waals surface area contributed by atoms with E-state index in [-0.39, 0.29) is 40.5 Å². The second-order valence-corrected chi connectivity index (χ2v) is 7.44. The zero-order valence-corrected chi connectivity index (χ0v) is 13.6. The molecule has 0 saturated heterocycles. The first-order valence-electron chi connectivity index (χ1n) is 7.68. The lowest BCUT2D eigenvalue weighted by atomic mass is 9.70. The van der Waals surface area contributed by atoms with Crippen LogP contribution in [-0.2, 0) is 9.59 Å². The summed E-state index contributed by atoms with van der Waals surface area (Å²) in [5.41, 5.74) is -0.280. The van der Waals surface area contributed by atoms with Gasteiger partial charge in [-0.05, 0) is 44.7 Å². The molecule has 4 heteroatoms. The van der Waals surface area contributed by atoms with Gasteiger partial charge in [0.25, 0.3) is 0 Å². The highest BCUT2D eigenvalue weighted by atomic mass is 16.2. The number of Topliss-reactive ketones (excluding diaryl/α,β-unsaturated/α-hetero) is 1. The Bertz CT molecular complexity index is 430. The summed E-state index contributed by atoms with van der Waals surface area (Å²) >= 11 is 0. The van der Waals surface area contributed by atoms with Crippen LogP contribution in [-0.4, -0.2) is 42.8 Å². The van der Waals surface area contributed by atoms with Crippen molar-refractivity contribution in [2.75, 3.05) is 14.1 Å². The van der Waals surface area contributed by atoms with Crippen LogP contribution < -0.4 is 5.32 Å². The molecule has 2 rings (SSSR count). The SMILES string of the molecule is CCC(C(=O)NC1C(=O)C2(C)CCC1C2(C)C)N(C)C. The molecule has 0 spiro atoms. The van der Waals surface area contributed by atoms with Crippen LogP contribution in [0.15, 0.2) is 0 Å². The molecule has 1 N–H and O–H groups in total. The van der Waals surface area contributed by atoms with Crippen molar-refractivity contribution in [3.05, 3.63) is 0 Å². The Kier molecular flexibility index (Phi) is 3.74. The van der Waals surface area contributed by atoms with Crippen LogP contribution in [0.25, 0.3) is 0 Å².